The average Bonchev–Trinajstić information content (AvgIpc) is 2.17. The molecule has 0 aliphatic heterocycles. The standard InChI is InChI=1S/C12H17NO/c1-8-4-5-11-10(6-8)12(14-3)7-9(2)13-11/h7-8H,4-6H2,1-3H3. The van der Waals surface area contributed by atoms with E-state index in [2.05, 4.69) is 11.9 Å². The molecule has 1 atom stereocenters. The van der Waals surface area contributed by atoms with Crippen molar-refractivity contribution in [3.8, 4) is 5.75 Å². The fourth-order valence-corrected chi connectivity index (χ4v) is 2.17. The van der Waals surface area contributed by atoms with Crippen LogP contribution in [0.25, 0.3) is 0 Å². The quantitative estimate of drug-likeness (QED) is 0.680. The third-order valence-electron chi connectivity index (χ3n) is 2.94. The lowest BCUT2D eigenvalue weighted by molar-refractivity contribution is 0.394. The molecule has 1 aliphatic carbocycles. The molecule has 2 heteroatoms. The summed E-state index contributed by atoms with van der Waals surface area (Å²) in [5.74, 6) is 1.79. The van der Waals surface area contributed by atoms with Crippen LogP contribution in [0.5, 0.6) is 5.75 Å². The van der Waals surface area contributed by atoms with E-state index < -0.39 is 0 Å². The minimum absolute atomic E-state index is 0.765. The predicted molar refractivity (Wildman–Crippen MR) is 56.7 cm³/mol. The van der Waals surface area contributed by atoms with Gasteiger partial charge in [-0.15, -0.1) is 0 Å². The Morgan fingerprint density at radius 3 is 3.00 bits per heavy atom. The smallest absolute Gasteiger partial charge is 0.125 e. The van der Waals surface area contributed by atoms with E-state index in [4.69, 9.17) is 4.74 Å². The maximum absolute atomic E-state index is 5.40. The van der Waals surface area contributed by atoms with Crippen LogP contribution in [0.1, 0.15) is 30.3 Å². The van der Waals surface area contributed by atoms with Gasteiger partial charge in [-0.05, 0) is 32.1 Å². The number of hydrogen-bond acceptors (Lipinski definition) is 2. The second-order valence-corrected chi connectivity index (χ2v) is 4.24. The predicted octanol–water partition coefficient (Wildman–Crippen LogP) is 2.52. The molecule has 1 unspecified atom stereocenters. The summed E-state index contributed by atoms with van der Waals surface area (Å²) in [7, 11) is 1.74. The molecule has 0 aromatic carbocycles. The Hall–Kier alpha value is -1.05. The molecule has 0 bridgehead atoms. The van der Waals surface area contributed by atoms with Gasteiger partial charge in [-0.3, -0.25) is 4.98 Å². The summed E-state index contributed by atoms with van der Waals surface area (Å²) in [6.45, 7) is 4.32. The summed E-state index contributed by atoms with van der Waals surface area (Å²) in [4.78, 5) is 4.58. The third kappa shape index (κ3) is 1.61. The van der Waals surface area contributed by atoms with Crippen molar-refractivity contribution < 1.29 is 4.74 Å². The molecular weight excluding hydrogens is 174 g/mol. The molecular formula is C12H17NO. The lowest BCUT2D eigenvalue weighted by Gasteiger charge is -2.22. The molecule has 0 N–H and O–H groups in total. The molecule has 14 heavy (non-hydrogen) atoms. The average molecular weight is 191 g/mol. The van der Waals surface area contributed by atoms with E-state index in [1.165, 1.54) is 17.7 Å². The van der Waals surface area contributed by atoms with Gasteiger partial charge in [0.15, 0.2) is 0 Å². The van der Waals surface area contributed by atoms with Gasteiger partial charge in [0.2, 0.25) is 0 Å². The number of aromatic nitrogens is 1. The third-order valence-corrected chi connectivity index (χ3v) is 2.94. The van der Waals surface area contributed by atoms with Gasteiger partial charge in [0.1, 0.15) is 5.75 Å². The molecule has 0 spiro atoms. The Morgan fingerprint density at radius 2 is 2.29 bits per heavy atom. The summed E-state index contributed by atoms with van der Waals surface area (Å²) in [6.07, 6.45) is 3.48. The largest absolute Gasteiger partial charge is 0.496 e. The zero-order valence-electron chi connectivity index (χ0n) is 9.13. The van der Waals surface area contributed by atoms with E-state index in [-0.39, 0.29) is 0 Å². The highest BCUT2D eigenvalue weighted by Gasteiger charge is 2.20. The number of rotatable bonds is 1. The van der Waals surface area contributed by atoms with E-state index in [0.717, 1.165) is 30.2 Å². The first kappa shape index (κ1) is 9.50. The minimum atomic E-state index is 0.765. The molecule has 0 saturated heterocycles. The van der Waals surface area contributed by atoms with E-state index in [1.807, 2.05) is 13.0 Å². The Kier molecular flexibility index (Phi) is 2.44. The van der Waals surface area contributed by atoms with Gasteiger partial charge in [-0.1, -0.05) is 6.92 Å². The zero-order valence-corrected chi connectivity index (χ0v) is 9.13. The van der Waals surface area contributed by atoms with Crippen molar-refractivity contribution in [2.75, 3.05) is 7.11 Å². The van der Waals surface area contributed by atoms with Crippen LogP contribution >= 0.6 is 0 Å². The number of aryl methyl sites for hydroxylation is 2. The van der Waals surface area contributed by atoms with E-state index in [0.29, 0.717) is 0 Å². The molecule has 1 aliphatic rings. The first-order valence-corrected chi connectivity index (χ1v) is 5.24. The molecule has 2 rings (SSSR count). The Labute approximate surface area is 85.3 Å². The summed E-state index contributed by atoms with van der Waals surface area (Å²) in [5.41, 5.74) is 3.65. The maximum atomic E-state index is 5.40. The lowest BCUT2D eigenvalue weighted by Crippen LogP contribution is -2.14. The van der Waals surface area contributed by atoms with Crippen LogP contribution in [0.3, 0.4) is 0 Å². The first-order chi connectivity index (χ1) is 6.70. The highest BCUT2D eigenvalue weighted by Crippen LogP contribution is 2.31. The van der Waals surface area contributed by atoms with Crippen LogP contribution in [0, 0.1) is 12.8 Å². The van der Waals surface area contributed by atoms with E-state index in [9.17, 15) is 0 Å². The van der Waals surface area contributed by atoms with Crippen LogP contribution in [-0.4, -0.2) is 12.1 Å². The van der Waals surface area contributed by atoms with Crippen molar-refractivity contribution >= 4 is 0 Å². The number of nitrogens with zero attached hydrogens (tertiary/aromatic N) is 1. The van der Waals surface area contributed by atoms with Crippen LogP contribution < -0.4 is 4.74 Å². The van der Waals surface area contributed by atoms with Crippen LogP contribution in [0.4, 0.5) is 0 Å². The monoisotopic (exact) mass is 191 g/mol. The van der Waals surface area contributed by atoms with Crippen LogP contribution in [-0.2, 0) is 12.8 Å². The molecule has 76 valence electrons. The van der Waals surface area contributed by atoms with Crippen LogP contribution in [0.2, 0.25) is 0 Å². The summed E-state index contributed by atoms with van der Waals surface area (Å²) in [6, 6.07) is 2.04. The molecule has 2 nitrogen and oxygen atoms in total. The Morgan fingerprint density at radius 1 is 1.50 bits per heavy atom. The number of fused-ring (bicyclic) bond motifs is 1. The van der Waals surface area contributed by atoms with Crippen molar-refractivity contribution in [1.82, 2.24) is 4.98 Å². The molecule has 1 heterocycles. The van der Waals surface area contributed by atoms with Crippen molar-refractivity contribution in [3.05, 3.63) is 23.0 Å². The van der Waals surface area contributed by atoms with Crippen molar-refractivity contribution in [3.63, 3.8) is 0 Å². The first-order valence-electron chi connectivity index (χ1n) is 5.24. The highest BCUT2D eigenvalue weighted by molar-refractivity contribution is 5.39. The Bertz CT molecular complexity index is 329. The maximum Gasteiger partial charge on any atom is 0.125 e. The summed E-state index contributed by atoms with van der Waals surface area (Å²) >= 11 is 0. The van der Waals surface area contributed by atoms with E-state index in [1.54, 1.807) is 7.11 Å². The van der Waals surface area contributed by atoms with Gasteiger partial charge < -0.3 is 4.74 Å². The van der Waals surface area contributed by atoms with Crippen LogP contribution in [0.15, 0.2) is 6.07 Å². The summed E-state index contributed by atoms with van der Waals surface area (Å²) in [5, 5.41) is 0. The zero-order chi connectivity index (χ0) is 10.1. The van der Waals surface area contributed by atoms with Crippen molar-refractivity contribution in [1.29, 1.82) is 0 Å². The number of pyridine rings is 1. The SMILES string of the molecule is COc1cc(C)nc2c1CC(C)CC2. The van der Waals surface area contributed by atoms with Gasteiger partial charge in [-0.25, -0.2) is 0 Å². The number of hydrogen-bond donors (Lipinski definition) is 0. The van der Waals surface area contributed by atoms with Gasteiger partial charge >= 0.3 is 0 Å². The molecule has 0 amide bonds. The summed E-state index contributed by atoms with van der Waals surface area (Å²) < 4.78 is 5.40. The topological polar surface area (TPSA) is 22.1 Å². The second kappa shape index (κ2) is 3.60. The number of ether oxygens (including phenoxy) is 1. The van der Waals surface area contributed by atoms with Crippen molar-refractivity contribution in [2.45, 2.75) is 33.1 Å². The molecule has 0 saturated carbocycles. The fourth-order valence-electron chi connectivity index (χ4n) is 2.17. The van der Waals surface area contributed by atoms with Gasteiger partial charge in [0, 0.05) is 23.0 Å². The normalized spacial score (nSPS) is 20.4. The lowest BCUT2D eigenvalue weighted by atomic mass is 9.87. The van der Waals surface area contributed by atoms with Gasteiger partial charge in [0.25, 0.3) is 0 Å². The molecule has 1 aromatic heterocycles. The second-order valence-electron chi connectivity index (χ2n) is 4.24. The van der Waals surface area contributed by atoms with E-state index >= 15 is 0 Å². The van der Waals surface area contributed by atoms with Gasteiger partial charge in [-0.2, -0.15) is 0 Å². The highest BCUT2D eigenvalue weighted by atomic mass is 16.5. The van der Waals surface area contributed by atoms with Crippen molar-refractivity contribution in [2.24, 2.45) is 5.92 Å². The minimum Gasteiger partial charge on any atom is -0.496 e. The molecule has 0 fully saturated rings. The molecule has 1 aromatic rings. The Balaban J connectivity index is 2.47. The fraction of sp³-hybridized carbons (Fsp3) is 0.583. The number of methoxy groups -OCH3 is 1. The molecule has 0 radical (unpaired) electrons. The van der Waals surface area contributed by atoms with Gasteiger partial charge in [0.05, 0.1) is 7.11 Å².